The molecule has 6 heteroatoms. The third kappa shape index (κ3) is 3.85. The Morgan fingerprint density at radius 3 is 2.50 bits per heavy atom. The molecule has 1 unspecified atom stereocenters. The van der Waals surface area contributed by atoms with Crippen LogP contribution in [0.25, 0.3) is 0 Å². The Kier molecular flexibility index (Phi) is 4.47. The molecule has 90 valence electrons. The Morgan fingerprint density at radius 1 is 1.44 bits per heavy atom. The van der Waals surface area contributed by atoms with Gasteiger partial charge in [0.25, 0.3) is 0 Å². The second-order valence-electron chi connectivity index (χ2n) is 3.45. The first-order chi connectivity index (χ1) is 7.33. The molecule has 0 bridgehead atoms. The van der Waals surface area contributed by atoms with E-state index in [-0.39, 0.29) is 5.75 Å². The maximum absolute atomic E-state index is 11.1. The van der Waals surface area contributed by atoms with Gasteiger partial charge >= 0.3 is 0 Å². The molecule has 0 radical (unpaired) electrons. The molecule has 0 fully saturated rings. The molecule has 0 amide bonds. The lowest BCUT2D eigenvalue weighted by molar-refractivity contribution is 0.415. The van der Waals surface area contributed by atoms with Crippen molar-refractivity contribution in [2.24, 2.45) is 0 Å². The molecule has 0 heterocycles. The number of methoxy groups -OCH3 is 1. The number of ether oxygens (including phenoxy) is 1. The Morgan fingerprint density at radius 2 is 2.06 bits per heavy atom. The summed E-state index contributed by atoms with van der Waals surface area (Å²) in [6, 6.07) is 4.98. The molecule has 16 heavy (non-hydrogen) atoms. The van der Waals surface area contributed by atoms with Crippen LogP contribution in [0.2, 0.25) is 5.02 Å². The first kappa shape index (κ1) is 13.6. The molecule has 1 atom stereocenters. The predicted molar refractivity (Wildman–Crippen MR) is 66.3 cm³/mol. The van der Waals surface area contributed by atoms with Crippen LogP contribution in [0.1, 0.15) is 10.9 Å². The summed E-state index contributed by atoms with van der Waals surface area (Å²) in [7, 11) is -1.60. The summed E-state index contributed by atoms with van der Waals surface area (Å²) < 4.78 is 27.1. The molecule has 0 aromatic heterocycles. The molecule has 3 nitrogen and oxygen atoms in total. The van der Waals surface area contributed by atoms with Crippen LogP contribution in [-0.4, -0.2) is 27.5 Å². The first-order valence-corrected chi connectivity index (χ1v) is 7.36. The minimum Gasteiger partial charge on any atom is -0.495 e. The third-order valence-corrected chi connectivity index (χ3v) is 3.81. The zero-order chi connectivity index (χ0) is 12.3. The molecule has 0 aliphatic carbocycles. The van der Waals surface area contributed by atoms with Crippen LogP contribution >= 0.6 is 23.2 Å². The maximum Gasteiger partial charge on any atom is 0.149 e. The minimum atomic E-state index is -3.11. The van der Waals surface area contributed by atoms with Crippen molar-refractivity contribution in [1.29, 1.82) is 0 Å². The molecular weight excluding hydrogens is 271 g/mol. The van der Waals surface area contributed by atoms with E-state index in [2.05, 4.69) is 0 Å². The summed E-state index contributed by atoms with van der Waals surface area (Å²) in [5, 5.41) is -0.183. The smallest absolute Gasteiger partial charge is 0.149 e. The van der Waals surface area contributed by atoms with Gasteiger partial charge in [-0.1, -0.05) is 17.7 Å². The highest BCUT2D eigenvalue weighted by Gasteiger charge is 2.15. The second kappa shape index (κ2) is 5.25. The summed E-state index contributed by atoms with van der Waals surface area (Å²) in [6.07, 6.45) is 1.15. The molecule has 0 spiro atoms. The van der Waals surface area contributed by atoms with Gasteiger partial charge in [0.2, 0.25) is 0 Å². The fourth-order valence-corrected chi connectivity index (χ4v) is 3.05. The van der Waals surface area contributed by atoms with Crippen molar-refractivity contribution in [2.75, 3.05) is 19.1 Å². The third-order valence-electron chi connectivity index (χ3n) is 1.99. The number of sulfone groups is 1. The van der Waals surface area contributed by atoms with E-state index in [1.165, 1.54) is 7.11 Å². The zero-order valence-electron chi connectivity index (χ0n) is 8.91. The van der Waals surface area contributed by atoms with Gasteiger partial charge in [-0.2, -0.15) is 0 Å². The number of rotatable bonds is 4. The minimum absolute atomic E-state index is 0.114. The fraction of sp³-hybridized carbons (Fsp3) is 0.400. The SMILES string of the molecule is COc1ccc(C(Cl)CS(C)(=O)=O)cc1Cl. The van der Waals surface area contributed by atoms with Gasteiger partial charge in [-0.25, -0.2) is 8.42 Å². The van der Waals surface area contributed by atoms with Crippen molar-refractivity contribution in [2.45, 2.75) is 5.38 Å². The summed E-state index contributed by atoms with van der Waals surface area (Å²) in [4.78, 5) is 0. The molecular formula is C10H12Cl2O3S. The number of hydrogen-bond acceptors (Lipinski definition) is 3. The summed E-state index contributed by atoms with van der Waals surface area (Å²) in [5.41, 5.74) is 0.665. The lowest BCUT2D eigenvalue weighted by Gasteiger charge is -2.10. The van der Waals surface area contributed by atoms with E-state index in [1.54, 1.807) is 18.2 Å². The van der Waals surface area contributed by atoms with Crippen LogP contribution < -0.4 is 4.74 Å². The molecule has 0 N–H and O–H groups in total. The van der Waals surface area contributed by atoms with Gasteiger partial charge in [-0.3, -0.25) is 0 Å². The van der Waals surface area contributed by atoms with E-state index < -0.39 is 15.2 Å². The van der Waals surface area contributed by atoms with Crippen LogP contribution in [0, 0.1) is 0 Å². The first-order valence-electron chi connectivity index (χ1n) is 4.48. The Balaban J connectivity index is 2.93. The largest absolute Gasteiger partial charge is 0.495 e. The lowest BCUT2D eigenvalue weighted by atomic mass is 10.1. The van der Waals surface area contributed by atoms with E-state index in [0.717, 1.165) is 6.26 Å². The summed E-state index contributed by atoms with van der Waals surface area (Å²) in [5.74, 6) is 0.422. The monoisotopic (exact) mass is 282 g/mol. The van der Waals surface area contributed by atoms with Gasteiger partial charge in [-0.15, -0.1) is 11.6 Å². The van der Waals surface area contributed by atoms with Crippen LogP contribution in [0.15, 0.2) is 18.2 Å². The Hall–Kier alpha value is -0.450. The highest BCUT2D eigenvalue weighted by atomic mass is 35.5. The number of benzene rings is 1. The second-order valence-corrected chi connectivity index (χ2v) is 6.57. The molecule has 1 aromatic rings. The van der Waals surface area contributed by atoms with Crippen molar-refractivity contribution < 1.29 is 13.2 Å². The van der Waals surface area contributed by atoms with Crippen molar-refractivity contribution >= 4 is 33.0 Å². The van der Waals surface area contributed by atoms with Crippen molar-refractivity contribution in [3.05, 3.63) is 28.8 Å². The molecule has 0 saturated heterocycles. The Bertz CT molecular complexity index is 471. The van der Waals surface area contributed by atoms with Gasteiger partial charge in [0.05, 0.1) is 23.3 Å². The quantitative estimate of drug-likeness (QED) is 0.798. The highest BCUT2D eigenvalue weighted by molar-refractivity contribution is 7.90. The van der Waals surface area contributed by atoms with Crippen molar-refractivity contribution in [1.82, 2.24) is 0 Å². The molecule has 0 aliphatic heterocycles. The van der Waals surface area contributed by atoms with Crippen molar-refractivity contribution in [3.63, 3.8) is 0 Å². The van der Waals surface area contributed by atoms with E-state index >= 15 is 0 Å². The Labute approximate surface area is 105 Å². The molecule has 1 rings (SSSR count). The van der Waals surface area contributed by atoms with Gasteiger partial charge in [0, 0.05) is 6.26 Å². The normalized spacial score (nSPS) is 13.5. The maximum atomic E-state index is 11.1. The topological polar surface area (TPSA) is 43.4 Å². The lowest BCUT2D eigenvalue weighted by Crippen LogP contribution is -2.08. The van der Waals surface area contributed by atoms with Crippen LogP contribution in [-0.2, 0) is 9.84 Å². The molecule has 0 aliphatic rings. The fourth-order valence-electron chi connectivity index (χ4n) is 1.24. The van der Waals surface area contributed by atoms with Crippen LogP contribution in [0.4, 0.5) is 0 Å². The van der Waals surface area contributed by atoms with Crippen LogP contribution in [0.5, 0.6) is 5.75 Å². The van der Waals surface area contributed by atoms with E-state index in [0.29, 0.717) is 16.3 Å². The van der Waals surface area contributed by atoms with Gasteiger partial charge in [0.15, 0.2) is 0 Å². The van der Waals surface area contributed by atoms with E-state index in [9.17, 15) is 8.42 Å². The molecule has 1 aromatic carbocycles. The van der Waals surface area contributed by atoms with Crippen LogP contribution in [0.3, 0.4) is 0 Å². The predicted octanol–water partition coefficient (Wildman–Crippen LogP) is 2.67. The highest BCUT2D eigenvalue weighted by Crippen LogP contribution is 2.30. The number of hydrogen-bond donors (Lipinski definition) is 0. The number of alkyl halides is 1. The van der Waals surface area contributed by atoms with E-state index in [4.69, 9.17) is 27.9 Å². The van der Waals surface area contributed by atoms with Gasteiger partial charge in [-0.05, 0) is 17.7 Å². The number of halogens is 2. The van der Waals surface area contributed by atoms with E-state index in [1.807, 2.05) is 0 Å². The average Bonchev–Trinajstić information content (AvgIpc) is 2.15. The summed E-state index contributed by atoms with van der Waals surface area (Å²) >= 11 is 11.9. The summed E-state index contributed by atoms with van der Waals surface area (Å²) in [6.45, 7) is 0. The van der Waals surface area contributed by atoms with Crippen molar-refractivity contribution in [3.8, 4) is 5.75 Å². The molecule has 0 saturated carbocycles. The van der Waals surface area contributed by atoms with Gasteiger partial charge in [0.1, 0.15) is 15.6 Å². The zero-order valence-corrected chi connectivity index (χ0v) is 11.2. The average molecular weight is 283 g/mol. The standard InChI is InChI=1S/C10H12Cl2O3S/c1-15-10-4-3-7(5-8(10)11)9(12)6-16(2,13)14/h3-5,9H,6H2,1-2H3. The van der Waals surface area contributed by atoms with Gasteiger partial charge < -0.3 is 4.74 Å².